The van der Waals surface area contributed by atoms with Gasteiger partial charge in [-0.2, -0.15) is 10.4 Å². The minimum atomic E-state index is -0.359. The summed E-state index contributed by atoms with van der Waals surface area (Å²) >= 11 is 3.30. The molecule has 0 unspecified atom stereocenters. The molecule has 2 aromatic carbocycles. The van der Waals surface area contributed by atoms with Crippen LogP contribution in [0.4, 0.5) is 5.69 Å². The molecule has 0 saturated heterocycles. The van der Waals surface area contributed by atoms with E-state index in [1.165, 1.54) is 0 Å². The van der Waals surface area contributed by atoms with E-state index in [4.69, 9.17) is 5.26 Å². The maximum absolute atomic E-state index is 12.0. The Hall–Kier alpha value is -2.98. The summed E-state index contributed by atoms with van der Waals surface area (Å²) in [5.41, 5.74) is 4.15. The van der Waals surface area contributed by atoms with Crippen molar-refractivity contribution in [2.75, 3.05) is 5.32 Å². The number of halogens is 1. The van der Waals surface area contributed by atoms with E-state index in [-0.39, 0.29) is 18.2 Å². The van der Waals surface area contributed by atoms with E-state index in [2.05, 4.69) is 31.8 Å². The number of benzene rings is 2. The van der Waals surface area contributed by atoms with Crippen LogP contribution in [0.25, 0.3) is 0 Å². The van der Waals surface area contributed by atoms with Gasteiger partial charge in [0.05, 0.1) is 17.7 Å². The molecule has 2 amide bonds. The number of amides is 2. The zero-order valence-electron chi connectivity index (χ0n) is 13.4. The Bertz CT molecular complexity index is 854. The molecule has 0 aliphatic carbocycles. The first-order valence-electron chi connectivity index (χ1n) is 7.37. The van der Waals surface area contributed by atoms with E-state index in [9.17, 15) is 9.59 Å². The van der Waals surface area contributed by atoms with Gasteiger partial charge in [-0.15, -0.1) is 0 Å². The molecule has 0 bridgehead atoms. The third-order valence-electron chi connectivity index (χ3n) is 3.19. The van der Waals surface area contributed by atoms with Crippen molar-refractivity contribution in [2.45, 2.75) is 13.3 Å². The Morgan fingerprint density at radius 2 is 1.84 bits per heavy atom. The van der Waals surface area contributed by atoms with Gasteiger partial charge in [0.25, 0.3) is 5.91 Å². The molecule has 0 saturated carbocycles. The molecule has 7 heteroatoms. The highest BCUT2D eigenvalue weighted by molar-refractivity contribution is 9.10. The fraction of sp³-hybridized carbons (Fsp3) is 0.111. The third-order valence-corrected chi connectivity index (χ3v) is 3.72. The molecule has 126 valence electrons. The standard InChI is InChI=1S/C18H15BrN4O2/c1-12(22-23-18(25)13-6-8-15(19)9-7-13)10-17(24)21-16-5-3-2-4-14(16)11-20/h2-9H,10H2,1H3,(H,21,24)(H,23,25). The number of hydrogen-bond acceptors (Lipinski definition) is 4. The maximum Gasteiger partial charge on any atom is 0.271 e. The second kappa shape index (κ2) is 8.76. The predicted octanol–water partition coefficient (Wildman–Crippen LogP) is 3.46. The molecule has 0 spiro atoms. The average molecular weight is 399 g/mol. The third kappa shape index (κ3) is 5.55. The quantitative estimate of drug-likeness (QED) is 0.596. The van der Waals surface area contributed by atoms with Crippen molar-refractivity contribution in [2.24, 2.45) is 5.10 Å². The number of nitrogens with one attached hydrogen (secondary N) is 2. The van der Waals surface area contributed by atoms with Crippen LogP contribution in [0.3, 0.4) is 0 Å². The summed E-state index contributed by atoms with van der Waals surface area (Å²) in [5.74, 6) is -0.677. The van der Waals surface area contributed by atoms with E-state index in [0.717, 1.165) is 4.47 Å². The van der Waals surface area contributed by atoms with Gasteiger partial charge in [-0.25, -0.2) is 5.43 Å². The van der Waals surface area contributed by atoms with Gasteiger partial charge < -0.3 is 5.32 Å². The lowest BCUT2D eigenvalue weighted by Crippen LogP contribution is -2.21. The van der Waals surface area contributed by atoms with Crippen molar-refractivity contribution in [3.8, 4) is 6.07 Å². The Morgan fingerprint density at radius 1 is 1.16 bits per heavy atom. The minimum absolute atomic E-state index is 0.000378. The molecule has 0 atom stereocenters. The molecule has 6 nitrogen and oxygen atoms in total. The van der Waals surface area contributed by atoms with Crippen LogP contribution >= 0.6 is 15.9 Å². The summed E-state index contributed by atoms with van der Waals surface area (Å²) in [6.45, 7) is 1.64. The van der Waals surface area contributed by atoms with Crippen LogP contribution in [0.1, 0.15) is 29.3 Å². The zero-order chi connectivity index (χ0) is 18.2. The Balaban J connectivity index is 1.92. The first kappa shape index (κ1) is 18.4. The molecular weight excluding hydrogens is 384 g/mol. The molecular formula is C18H15BrN4O2. The zero-order valence-corrected chi connectivity index (χ0v) is 15.0. The highest BCUT2D eigenvalue weighted by atomic mass is 79.9. The minimum Gasteiger partial charge on any atom is -0.325 e. The number of nitrogens with zero attached hydrogens (tertiary/aromatic N) is 2. The number of anilines is 1. The number of para-hydroxylation sites is 1. The van der Waals surface area contributed by atoms with E-state index in [1.54, 1.807) is 55.5 Å². The summed E-state index contributed by atoms with van der Waals surface area (Å²) in [7, 11) is 0. The summed E-state index contributed by atoms with van der Waals surface area (Å²) in [6.07, 6.45) is 0.000378. The largest absolute Gasteiger partial charge is 0.325 e. The molecule has 0 heterocycles. The summed E-state index contributed by atoms with van der Waals surface area (Å²) < 4.78 is 0.873. The number of hydrazone groups is 1. The Kier molecular flexibility index (Phi) is 6.43. The van der Waals surface area contributed by atoms with Crippen LogP contribution in [-0.2, 0) is 4.79 Å². The number of hydrogen-bond donors (Lipinski definition) is 2. The second-order valence-corrected chi connectivity index (χ2v) is 6.09. The van der Waals surface area contributed by atoms with Gasteiger partial charge in [-0.05, 0) is 43.3 Å². The van der Waals surface area contributed by atoms with Crippen LogP contribution in [-0.4, -0.2) is 17.5 Å². The van der Waals surface area contributed by atoms with Crippen LogP contribution in [0, 0.1) is 11.3 Å². The summed E-state index contributed by atoms with van der Waals surface area (Å²) in [4.78, 5) is 24.0. The molecule has 2 N–H and O–H groups in total. The van der Waals surface area contributed by atoms with E-state index >= 15 is 0 Å². The molecule has 0 aliphatic heterocycles. The van der Waals surface area contributed by atoms with Gasteiger partial charge in [0.1, 0.15) is 6.07 Å². The van der Waals surface area contributed by atoms with Crippen LogP contribution in [0.5, 0.6) is 0 Å². The summed E-state index contributed by atoms with van der Waals surface area (Å²) in [6, 6.07) is 15.6. The van der Waals surface area contributed by atoms with Gasteiger partial charge in [0, 0.05) is 15.7 Å². The van der Waals surface area contributed by atoms with Crippen LogP contribution in [0.2, 0.25) is 0 Å². The highest BCUT2D eigenvalue weighted by Gasteiger charge is 2.09. The Morgan fingerprint density at radius 3 is 2.52 bits per heavy atom. The predicted molar refractivity (Wildman–Crippen MR) is 99.1 cm³/mol. The van der Waals surface area contributed by atoms with E-state index in [0.29, 0.717) is 22.5 Å². The molecule has 2 aromatic rings. The number of rotatable bonds is 5. The van der Waals surface area contributed by atoms with Crippen molar-refractivity contribution < 1.29 is 9.59 Å². The average Bonchev–Trinajstić information content (AvgIpc) is 2.60. The summed E-state index contributed by atoms with van der Waals surface area (Å²) in [5, 5.41) is 15.6. The topological polar surface area (TPSA) is 94.3 Å². The van der Waals surface area contributed by atoms with Crippen molar-refractivity contribution in [1.82, 2.24) is 5.43 Å². The van der Waals surface area contributed by atoms with Crippen molar-refractivity contribution in [3.63, 3.8) is 0 Å². The lowest BCUT2D eigenvalue weighted by Gasteiger charge is -2.07. The highest BCUT2D eigenvalue weighted by Crippen LogP contribution is 2.14. The normalized spacial score (nSPS) is 10.7. The molecule has 0 aliphatic rings. The second-order valence-electron chi connectivity index (χ2n) is 5.18. The van der Waals surface area contributed by atoms with Gasteiger partial charge in [-0.1, -0.05) is 28.1 Å². The molecule has 2 rings (SSSR count). The maximum atomic E-state index is 12.0. The number of nitriles is 1. The lowest BCUT2D eigenvalue weighted by molar-refractivity contribution is -0.115. The van der Waals surface area contributed by atoms with Crippen LogP contribution < -0.4 is 10.7 Å². The first-order valence-corrected chi connectivity index (χ1v) is 8.17. The van der Waals surface area contributed by atoms with Crippen LogP contribution in [0.15, 0.2) is 58.1 Å². The molecule has 0 radical (unpaired) electrons. The van der Waals surface area contributed by atoms with Crippen molar-refractivity contribution >= 4 is 39.1 Å². The van der Waals surface area contributed by atoms with Gasteiger partial charge >= 0.3 is 0 Å². The van der Waals surface area contributed by atoms with Gasteiger partial charge in [0.15, 0.2) is 0 Å². The monoisotopic (exact) mass is 398 g/mol. The number of carbonyl (C=O) groups is 2. The first-order chi connectivity index (χ1) is 12.0. The molecule has 0 aromatic heterocycles. The van der Waals surface area contributed by atoms with Crippen molar-refractivity contribution in [3.05, 3.63) is 64.1 Å². The van der Waals surface area contributed by atoms with Gasteiger partial charge in [0.2, 0.25) is 5.91 Å². The fourth-order valence-electron chi connectivity index (χ4n) is 1.97. The smallest absolute Gasteiger partial charge is 0.271 e. The fourth-order valence-corrected chi connectivity index (χ4v) is 2.23. The van der Waals surface area contributed by atoms with Crippen molar-refractivity contribution in [1.29, 1.82) is 5.26 Å². The Labute approximate surface area is 153 Å². The van der Waals surface area contributed by atoms with E-state index in [1.807, 2.05) is 6.07 Å². The molecule has 0 fully saturated rings. The van der Waals surface area contributed by atoms with Gasteiger partial charge in [-0.3, -0.25) is 9.59 Å². The lowest BCUT2D eigenvalue weighted by atomic mass is 10.2. The SMILES string of the molecule is CC(CC(=O)Nc1ccccc1C#N)=NNC(=O)c1ccc(Br)cc1. The molecule has 25 heavy (non-hydrogen) atoms. The van der Waals surface area contributed by atoms with E-state index < -0.39 is 0 Å². The number of carbonyl (C=O) groups excluding carboxylic acids is 2.